The van der Waals surface area contributed by atoms with E-state index in [4.69, 9.17) is 4.99 Å². The maximum absolute atomic E-state index is 9.35. The first-order chi connectivity index (χ1) is 10.8. The average molecular weight is 429 g/mol. The summed E-state index contributed by atoms with van der Waals surface area (Å²) in [5.41, 5.74) is 1.13. The van der Waals surface area contributed by atoms with Crippen LogP contribution in [0, 0.1) is 11.8 Å². The monoisotopic (exact) mass is 429 g/mol. The van der Waals surface area contributed by atoms with Gasteiger partial charge in [-0.15, -0.1) is 24.0 Å². The van der Waals surface area contributed by atoms with E-state index in [2.05, 4.69) is 17.1 Å². The van der Waals surface area contributed by atoms with E-state index in [1.54, 1.807) is 12.1 Å². The Bertz CT molecular complexity index is 504. The third-order valence-corrected chi connectivity index (χ3v) is 4.96. The minimum Gasteiger partial charge on any atom is -0.508 e. The second-order valence-corrected chi connectivity index (χ2v) is 6.55. The lowest BCUT2D eigenvalue weighted by molar-refractivity contribution is 0.299. The fourth-order valence-corrected chi connectivity index (χ4v) is 3.77. The van der Waals surface area contributed by atoms with Gasteiger partial charge >= 0.3 is 0 Å². The average Bonchev–Trinajstić information content (AvgIpc) is 2.97. The van der Waals surface area contributed by atoms with Gasteiger partial charge in [-0.05, 0) is 49.3 Å². The van der Waals surface area contributed by atoms with Crippen molar-refractivity contribution in [3.05, 3.63) is 29.8 Å². The second kappa shape index (κ2) is 8.76. The molecule has 4 nitrogen and oxygen atoms in total. The molecule has 0 bridgehead atoms. The van der Waals surface area contributed by atoms with Gasteiger partial charge < -0.3 is 15.3 Å². The van der Waals surface area contributed by atoms with Crippen LogP contribution in [-0.2, 0) is 6.54 Å². The molecule has 1 heterocycles. The van der Waals surface area contributed by atoms with Gasteiger partial charge in [-0.1, -0.05) is 25.0 Å². The zero-order valence-electron chi connectivity index (χ0n) is 13.9. The molecule has 128 valence electrons. The number of nitrogens with one attached hydrogen (secondary N) is 1. The predicted molar refractivity (Wildman–Crippen MR) is 105 cm³/mol. The molecule has 1 saturated heterocycles. The number of phenols is 1. The molecule has 1 aliphatic carbocycles. The Labute approximate surface area is 156 Å². The molecule has 1 aromatic rings. The molecule has 1 aromatic carbocycles. The van der Waals surface area contributed by atoms with Crippen molar-refractivity contribution >= 4 is 29.9 Å². The first-order valence-electron chi connectivity index (χ1n) is 8.57. The SMILES string of the molecule is CCNC(=NCc1ccc(O)cc1)N1CC2CCCCC2C1.I. The van der Waals surface area contributed by atoms with Crippen molar-refractivity contribution < 1.29 is 5.11 Å². The van der Waals surface area contributed by atoms with E-state index in [1.807, 2.05) is 12.1 Å². The number of likely N-dealkylation sites (tertiary alicyclic amines) is 1. The van der Waals surface area contributed by atoms with Crippen LogP contribution >= 0.6 is 24.0 Å². The molecule has 2 aliphatic rings. The Morgan fingerprint density at radius 2 is 1.78 bits per heavy atom. The third kappa shape index (κ3) is 4.75. The van der Waals surface area contributed by atoms with Crippen LogP contribution < -0.4 is 5.32 Å². The lowest BCUT2D eigenvalue weighted by Gasteiger charge is -2.22. The smallest absolute Gasteiger partial charge is 0.194 e. The highest BCUT2D eigenvalue weighted by Crippen LogP contribution is 2.35. The van der Waals surface area contributed by atoms with Crippen LogP contribution in [0.3, 0.4) is 0 Å². The molecule has 0 spiro atoms. The molecule has 0 amide bonds. The first-order valence-corrected chi connectivity index (χ1v) is 8.57. The molecule has 3 rings (SSSR count). The summed E-state index contributed by atoms with van der Waals surface area (Å²) in [5, 5.41) is 12.8. The molecule has 23 heavy (non-hydrogen) atoms. The van der Waals surface area contributed by atoms with Gasteiger partial charge in [-0.25, -0.2) is 4.99 Å². The molecule has 1 aliphatic heterocycles. The number of fused-ring (bicyclic) bond motifs is 1. The number of halogens is 1. The predicted octanol–water partition coefficient (Wildman–Crippen LogP) is 3.60. The lowest BCUT2D eigenvalue weighted by Crippen LogP contribution is -2.40. The van der Waals surface area contributed by atoms with Gasteiger partial charge in [-0.3, -0.25) is 0 Å². The number of aromatic hydroxyl groups is 1. The van der Waals surface area contributed by atoms with E-state index in [9.17, 15) is 5.11 Å². The van der Waals surface area contributed by atoms with E-state index in [-0.39, 0.29) is 24.0 Å². The van der Waals surface area contributed by atoms with Crippen LogP contribution in [0.2, 0.25) is 0 Å². The van der Waals surface area contributed by atoms with Gasteiger partial charge in [-0.2, -0.15) is 0 Å². The maximum Gasteiger partial charge on any atom is 0.194 e. The fraction of sp³-hybridized carbons (Fsp3) is 0.611. The molecule has 2 atom stereocenters. The number of phenolic OH excluding ortho intramolecular Hbond substituents is 1. The largest absolute Gasteiger partial charge is 0.508 e. The molecule has 1 saturated carbocycles. The number of rotatable bonds is 3. The van der Waals surface area contributed by atoms with Crippen LogP contribution in [-0.4, -0.2) is 35.6 Å². The number of guanidine groups is 1. The highest BCUT2D eigenvalue weighted by molar-refractivity contribution is 14.0. The van der Waals surface area contributed by atoms with Crippen molar-refractivity contribution in [3.63, 3.8) is 0 Å². The number of hydrogen-bond donors (Lipinski definition) is 2. The van der Waals surface area contributed by atoms with Gasteiger partial charge in [0.05, 0.1) is 6.54 Å². The zero-order valence-corrected chi connectivity index (χ0v) is 16.2. The van der Waals surface area contributed by atoms with Crippen LogP contribution in [0.4, 0.5) is 0 Å². The Morgan fingerprint density at radius 1 is 1.17 bits per heavy atom. The number of aliphatic imine (C=N–C) groups is 1. The number of nitrogens with zero attached hydrogens (tertiary/aromatic N) is 2. The minimum absolute atomic E-state index is 0. The van der Waals surface area contributed by atoms with Crippen LogP contribution in [0.1, 0.15) is 38.2 Å². The summed E-state index contributed by atoms with van der Waals surface area (Å²) in [6.07, 6.45) is 5.57. The molecule has 0 radical (unpaired) electrons. The van der Waals surface area contributed by atoms with Crippen molar-refractivity contribution in [1.82, 2.24) is 10.2 Å². The van der Waals surface area contributed by atoms with E-state index in [0.717, 1.165) is 43.0 Å². The van der Waals surface area contributed by atoms with Crippen LogP contribution in [0.25, 0.3) is 0 Å². The normalized spacial score (nSPS) is 24.0. The van der Waals surface area contributed by atoms with E-state index in [0.29, 0.717) is 12.3 Å². The topological polar surface area (TPSA) is 47.9 Å². The Balaban J connectivity index is 0.00000192. The van der Waals surface area contributed by atoms with Crippen LogP contribution in [0.5, 0.6) is 5.75 Å². The van der Waals surface area contributed by atoms with Crippen LogP contribution in [0.15, 0.2) is 29.3 Å². The highest BCUT2D eigenvalue weighted by atomic mass is 127. The Kier molecular flexibility index (Phi) is 6.99. The molecule has 2 unspecified atom stereocenters. The van der Waals surface area contributed by atoms with Gasteiger partial charge in [0.1, 0.15) is 5.75 Å². The highest BCUT2D eigenvalue weighted by Gasteiger charge is 2.35. The van der Waals surface area contributed by atoms with Crippen molar-refractivity contribution in [2.24, 2.45) is 16.8 Å². The Hall–Kier alpha value is -0.980. The maximum atomic E-state index is 9.35. The van der Waals surface area contributed by atoms with E-state index >= 15 is 0 Å². The molecule has 5 heteroatoms. The lowest BCUT2D eigenvalue weighted by atomic mass is 9.82. The molecule has 2 fully saturated rings. The number of hydrogen-bond acceptors (Lipinski definition) is 2. The van der Waals surface area contributed by atoms with E-state index in [1.165, 1.54) is 25.7 Å². The summed E-state index contributed by atoms with van der Waals surface area (Å²) in [4.78, 5) is 7.25. The molecular formula is C18H28IN3O. The summed E-state index contributed by atoms with van der Waals surface area (Å²) in [6.45, 7) is 6.01. The van der Waals surface area contributed by atoms with Crippen molar-refractivity contribution in [2.45, 2.75) is 39.2 Å². The van der Waals surface area contributed by atoms with Gasteiger partial charge in [0, 0.05) is 19.6 Å². The van der Waals surface area contributed by atoms with E-state index < -0.39 is 0 Å². The van der Waals surface area contributed by atoms with Gasteiger partial charge in [0.25, 0.3) is 0 Å². The molecule has 2 N–H and O–H groups in total. The Morgan fingerprint density at radius 3 is 2.35 bits per heavy atom. The van der Waals surface area contributed by atoms with Gasteiger partial charge in [0.2, 0.25) is 0 Å². The molecule has 0 aromatic heterocycles. The quantitative estimate of drug-likeness (QED) is 0.439. The fourth-order valence-electron chi connectivity index (χ4n) is 3.77. The minimum atomic E-state index is 0. The molecular weight excluding hydrogens is 401 g/mol. The van der Waals surface area contributed by atoms with Crippen molar-refractivity contribution in [3.8, 4) is 5.75 Å². The summed E-state index contributed by atoms with van der Waals surface area (Å²) in [6, 6.07) is 7.32. The second-order valence-electron chi connectivity index (χ2n) is 6.55. The summed E-state index contributed by atoms with van der Waals surface area (Å²) in [5.74, 6) is 3.09. The standard InChI is InChI=1S/C18H27N3O.HI/c1-2-19-18(20-11-14-7-9-17(22)10-8-14)21-12-15-5-3-4-6-16(15)13-21;/h7-10,15-16,22H,2-6,11-13H2,1H3,(H,19,20);1H. The van der Waals surface area contributed by atoms with Crippen molar-refractivity contribution in [2.75, 3.05) is 19.6 Å². The first kappa shape index (κ1) is 18.4. The number of benzene rings is 1. The third-order valence-electron chi connectivity index (χ3n) is 4.96. The summed E-state index contributed by atoms with van der Waals surface area (Å²) >= 11 is 0. The van der Waals surface area contributed by atoms with Crippen molar-refractivity contribution in [1.29, 1.82) is 0 Å². The summed E-state index contributed by atoms with van der Waals surface area (Å²) < 4.78 is 0. The van der Waals surface area contributed by atoms with Gasteiger partial charge in [0.15, 0.2) is 5.96 Å². The zero-order chi connectivity index (χ0) is 15.4. The summed E-state index contributed by atoms with van der Waals surface area (Å²) in [7, 11) is 0.